The van der Waals surface area contributed by atoms with E-state index in [4.69, 9.17) is 11.6 Å². The molecule has 0 saturated heterocycles. The van der Waals surface area contributed by atoms with Crippen LogP contribution in [0, 0.1) is 0 Å². The number of nitrogens with zero attached hydrogens (tertiary/aromatic N) is 1. The van der Waals surface area contributed by atoms with E-state index in [2.05, 4.69) is 29.4 Å². The van der Waals surface area contributed by atoms with Gasteiger partial charge in [0, 0.05) is 17.3 Å². The fraction of sp³-hybridized carbons (Fsp3) is 0.353. The monoisotopic (exact) mass is 286 g/mol. The number of aromatic nitrogens is 1. The molecule has 2 nitrogen and oxygen atoms in total. The van der Waals surface area contributed by atoms with Gasteiger partial charge in [-0.25, -0.2) is 0 Å². The third-order valence-electron chi connectivity index (χ3n) is 3.88. The molecule has 0 saturated carbocycles. The quantitative estimate of drug-likeness (QED) is 0.921. The van der Waals surface area contributed by atoms with E-state index in [1.165, 1.54) is 16.8 Å². The van der Waals surface area contributed by atoms with Crippen molar-refractivity contribution >= 4 is 11.6 Å². The van der Waals surface area contributed by atoms with Gasteiger partial charge in [-0.1, -0.05) is 29.8 Å². The topological polar surface area (TPSA) is 24.9 Å². The van der Waals surface area contributed by atoms with Gasteiger partial charge in [0.2, 0.25) is 0 Å². The van der Waals surface area contributed by atoms with Crippen LogP contribution >= 0.6 is 11.6 Å². The molecule has 0 spiro atoms. The summed E-state index contributed by atoms with van der Waals surface area (Å²) < 4.78 is 0. The first-order valence-corrected chi connectivity index (χ1v) is 7.54. The van der Waals surface area contributed by atoms with E-state index < -0.39 is 0 Å². The zero-order chi connectivity index (χ0) is 13.9. The van der Waals surface area contributed by atoms with E-state index in [1.54, 1.807) is 0 Å². The van der Waals surface area contributed by atoms with Gasteiger partial charge in [-0.05, 0) is 55.5 Å². The number of benzene rings is 1. The van der Waals surface area contributed by atoms with Gasteiger partial charge in [0.15, 0.2) is 0 Å². The Morgan fingerprint density at radius 1 is 1.35 bits per heavy atom. The molecule has 2 aromatic rings. The van der Waals surface area contributed by atoms with Crippen LogP contribution in [-0.4, -0.2) is 11.0 Å². The zero-order valence-electron chi connectivity index (χ0n) is 11.6. The number of aryl methyl sites for hydroxylation is 1. The summed E-state index contributed by atoms with van der Waals surface area (Å²) in [5.74, 6) is 0. The van der Waals surface area contributed by atoms with Crippen molar-refractivity contribution in [1.29, 1.82) is 0 Å². The van der Waals surface area contributed by atoms with Crippen molar-refractivity contribution in [2.45, 2.75) is 38.3 Å². The van der Waals surface area contributed by atoms with Crippen molar-refractivity contribution in [3.63, 3.8) is 0 Å². The summed E-state index contributed by atoms with van der Waals surface area (Å²) in [6.45, 7) is 2.22. The van der Waals surface area contributed by atoms with Crippen molar-refractivity contribution in [2.75, 3.05) is 0 Å². The normalized spacial score (nSPS) is 18.8. The molecular formula is C17H19ClN2. The minimum Gasteiger partial charge on any atom is -0.306 e. The van der Waals surface area contributed by atoms with Crippen LogP contribution < -0.4 is 5.32 Å². The summed E-state index contributed by atoms with van der Waals surface area (Å²) >= 11 is 6.04. The molecule has 0 radical (unpaired) electrons. The standard InChI is InChI=1S/C17H19ClN2/c1-12(10-13-4-2-6-15(18)11-13)20-16-8-7-14-5-3-9-19-17(14)16/h2-6,9,11-12,16,20H,7-8,10H2,1H3. The summed E-state index contributed by atoms with van der Waals surface area (Å²) in [4.78, 5) is 4.53. The van der Waals surface area contributed by atoms with E-state index in [-0.39, 0.29) is 0 Å². The Morgan fingerprint density at radius 3 is 3.10 bits per heavy atom. The van der Waals surface area contributed by atoms with Crippen molar-refractivity contribution in [2.24, 2.45) is 0 Å². The number of hydrogen-bond acceptors (Lipinski definition) is 2. The highest BCUT2D eigenvalue weighted by atomic mass is 35.5. The smallest absolute Gasteiger partial charge is 0.0605 e. The highest BCUT2D eigenvalue weighted by Crippen LogP contribution is 2.29. The van der Waals surface area contributed by atoms with Crippen LogP contribution in [0.4, 0.5) is 0 Å². The zero-order valence-corrected chi connectivity index (χ0v) is 12.4. The number of halogens is 1. The average Bonchev–Trinajstić information content (AvgIpc) is 2.82. The largest absolute Gasteiger partial charge is 0.306 e. The summed E-state index contributed by atoms with van der Waals surface area (Å²) in [6.07, 6.45) is 5.15. The van der Waals surface area contributed by atoms with Crippen molar-refractivity contribution < 1.29 is 0 Å². The molecular weight excluding hydrogens is 268 g/mol. The number of rotatable bonds is 4. The fourth-order valence-corrected chi connectivity index (χ4v) is 3.21. The Morgan fingerprint density at radius 2 is 2.25 bits per heavy atom. The molecule has 0 aliphatic heterocycles. The third kappa shape index (κ3) is 3.02. The fourth-order valence-electron chi connectivity index (χ4n) is 2.99. The molecule has 1 aromatic carbocycles. The minimum atomic E-state index is 0.389. The maximum Gasteiger partial charge on any atom is 0.0605 e. The maximum atomic E-state index is 6.04. The SMILES string of the molecule is CC(Cc1cccc(Cl)c1)NC1CCc2cccnc21. The van der Waals surface area contributed by atoms with E-state index in [0.29, 0.717) is 12.1 Å². The van der Waals surface area contributed by atoms with Crippen LogP contribution in [0.2, 0.25) is 5.02 Å². The molecule has 2 unspecified atom stereocenters. The average molecular weight is 287 g/mol. The molecule has 2 atom stereocenters. The van der Waals surface area contributed by atoms with Gasteiger partial charge in [0.05, 0.1) is 11.7 Å². The predicted octanol–water partition coefficient (Wildman–Crippen LogP) is 3.94. The number of hydrogen-bond donors (Lipinski definition) is 1. The van der Waals surface area contributed by atoms with Crippen molar-refractivity contribution in [1.82, 2.24) is 10.3 Å². The first kappa shape index (κ1) is 13.6. The highest BCUT2D eigenvalue weighted by molar-refractivity contribution is 6.30. The second-order valence-corrected chi connectivity index (χ2v) is 5.98. The molecule has 0 amide bonds. The molecule has 3 heteroatoms. The van der Waals surface area contributed by atoms with Crippen LogP contribution in [-0.2, 0) is 12.8 Å². The Bertz CT molecular complexity index is 597. The lowest BCUT2D eigenvalue weighted by molar-refractivity contribution is 0.445. The van der Waals surface area contributed by atoms with Gasteiger partial charge in [-0.3, -0.25) is 4.98 Å². The summed E-state index contributed by atoms with van der Waals surface area (Å²) in [6, 6.07) is 13.1. The molecule has 1 aliphatic rings. The van der Waals surface area contributed by atoms with Gasteiger partial charge in [0.25, 0.3) is 0 Å². The van der Waals surface area contributed by atoms with E-state index in [9.17, 15) is 0 Å². The van der Waals surface area contributed by atoms with Gasteiger partial charge in [-0.2, -0.15) is 0 Å². The first-order chi connectivity index (χ1) is 9.72. The highest BCUT2D eigenvalue weighted by Gasteiger charge is 2.24. The maximum absolute atomic E-state index is 6.04. The lowest BCUT2D eigenvalue weighted by Crippen LogP contribution is -2.31. The van der Waals surface area contributed by atoms with Crippen molar-refractivity contribution in [3.8, 4) is 0 Å². The van der Waals surface area contributed by atoms with Gasteiger partial charge < -0.3 is 5.32 Å². The number of pyridine rings is 1. The summed E-state index contributed by atoms with van der Waals surface area (Å²) in [5.41, 5.74) is 3.89. The molecule has 1 N–H and O–H groups in total. The molecule has 3 rings (SSSR count). The second kappa shape index (κ2) is 5.94. The molecule has 1 heterocycles. The Kier molecular flexibility index (Phi) is 4.04. The van der Waals surface area contributed by atoms with Crippen LogP contribution in [0.1, 0.15) is 36.2 Å². The lowest BCUT2D eigenvalue weighted by atomic mass is 10.1. The second-order valence-electron chi connectivity index (χ2n) is 5.54. The van der Waals surface area contributed by atoms with Gasteiger partial charge in [0.1, 0.15) is 0 Å². The van der Waals surface area contributed by atoms with E-state index in [1.807, 2.05) is 30.5 Å². The van der Waals surface area contributed by atoms with Crippen molar-refractivity contribution in [3.05, 3.63) is 64.4 Å². The van der Waals surface area contributed by atoms with Gasteiger partial charge in [-0.15, -0.1) is 0 Å². The van der Waals surface area contributed by atoms with E-state index >= 15 is 0 Å². The Labute approximate surface area is 125 Å². The van der Waals surface area contributed by atoms with Gasteiger partial charge >= 0.3 is 0 Å². The third-order valence-corrected chi connectivity index (χ3v) is 4.11. The summed E-state index contributed by atoms with van der Waals surface area (Å²) in [5, 5.41) is 4.51. The molecule has 20 heavy (non-hydrogen) atoms. The lowest BCUT2D eigenvalue weighted by Gasteiger charge is -2.20. The summed E-state index contributed by atoms with van der Waals surface area (Å²) in [7, 11) is 0. The van der Waals surface area contributed by atoms with Crippen LogP contribution in [0.15, 0.2) is 42.6 Å². The number of fused-ring (bicyclic) bond motifs is 1. The number of nitrogens with one attached hydrogen (secondary N) is 1. The molecule has 0 bridgehead atoms. The van der Waals surface area contributed by atoms with E-state index in [0.717, 1.165) is 24.3 Å². The van der Waals surface area contributed by atoms with Crippen LogP contribution in [0.5, 0.6) is 0 Å². The van der Waals surface area contributed by atoms with Crippen LogP contribution in [0.3, 0.4) is 0 Å². The predicted molar refractivity (Wildman–Crippen MR) is 83.1 cm³/mol. The molecule has 104 valence electrons. The Hall–Kier alpha value is -1.38. The molecule has 1 aromatic heterocycles. The minimum absolute atomic E-state index is 0.389. The van der Waals surface area contributed by atoms with Crippen LogP contribution in [0.25, 0.3) is 0 Å². The first-order valence-electron chi connectivity index (χ1n) is 7.16. The Balaban J connectivity index is 1.64. The molecule has 0 fully saturated rings. The molecule has 1 aliphatic carbocycles.